The van der Waals surface area contributed by atoms with Gasteiger partial charge in [0.05, 0.1) is 4.70 Å². The van der Waals surface area contributed by atoms with Crippen LogP contribution in [0.3, 0.4) is 0 Å². The Balaban J connectivity index is 2.79. The van der Waals surface area contributed by atoms with E-state index in [-0.39, 0.29) is 5.17 Å². The highest BCUT2D eigenvalue weighted by Crippen LogP contribution is 2.22. The van der Waals surface area contributed by atoms with Crippen molar-refractivity contribution in [3.05, 3.63) is 30.0 Å². The van der Waals surface area contributed by atoms with E-state index < -0.39 is 0 Å². The first kappa shape index (κ1) is 7.71. The molecular weight excluding hydrogens is 192 g/mol. The Hall–Kier alpha value is -0.930. The van der Waals surface area contributed by atoms with Crippen LogP contribution in [0.1, 0.15) is 5.69 Å². The zero-order valence-electron chi connectivity index (χ0n) is 6.04. The summed E-state index contributed by atoms with van der Waals surface area (Å²) in [7, 11) is 0. The lowest BCUT2D eigenvalue weighted by molar-refractivity contribution is 1.47. The molecule has 0 saturated carbocycles. The van der Waals surface area contributed by atoms with E-state index in [1.54, 1.807) is 0 Å². The fraction of sp³-hybridized carbons (Fsp3) is 0. The van der Waals surface area contributed by atoms with Crippen LogP contribution in [0.4, 0.5) is 0 Å². The number of hydrogen-bond donors (Lipinski definition) is 1. The molecule has 0 amide bonds. The average molecular weight is 197 g/mol. The van der Waals surface area contributed by atoms with Crippen molar-refractivity contribution >= 4 is 38.4 Å². The molecule has 0 spiro atoms. The standard InChI is InChI=1S/C8H5ClN2S/c9-8(10)7-5-3-1-2-4-6(5)12-11-7/h1-4,10H. The van der Waals surface area contributed by atoms with Crippen LogP contribution in [0.25, 0.3) is 10.1 Å². The predicted molar refractivity (Wildman–Crippen MR) is 52.3 cm³/mol. The first-order chi connectivity index (χ1) is 5.79. The largest absolute Gasteiger partial charge is 0.287 e. The lowest BCUT2D eigenvalue weighted by atomic mass is 10.2. The van der Waals surface area contributed by atoms with E-state index in [0.29, 0.717) is 5.69 Å². The summed E-state index contributed by atoms with van der Waals surface area (Å²) in [5.41, 5.74) is 0.581. The fourth-order valence-electron chi connectivity index (χ4n) is 1.04. The fourth-order valence-corrected chi connectivity index (χ4v) is 2.02. The van der Waals surface area contributed by atoms with Crippen molar-refractivity contribution < 1.29 is 0 Å². The highest BCUT2D eigenvalue weighted by Gasteiger charge is 2.07. The minimum atomic E-state index is 0.00690. The number of rotatable bonds is 1. The van der Waals surface area contributed by atoms with Gasteiger partial charge >= 0.3 is 0 Å². The van der Waals surface area contributed by atoms with Gasteiger partial charge in [-0.05, 0) is 17.6 Å². The van der Waals surface area contributed by atoms with Crippen molar-refractivity contribution in [1.82, 2.24) is 4.37 Å². The molecule has 0 fully saturated rings. The maximum Gasteiger partial charge on any atom is 0.148 e. The van der Waals surface area contributed by atoms with Crippen LogP contribution in [-0.2, 0) is 0 Å². The molecule has 0 bridgehead atoms. The van der Waals surface area contributed by atoms with Gasteiger partial charge in [-0.25, -0.2) is 0 Å². The van der Waals surface area contributed by atoms with Gasteiger partial charge in [-0.15, -0.1) is 0 Å². The summed E-state index contributed by atoms with van der Waals surface area (Å²) < 4.78 is 5.15. The van der Waals surface area contributed by atoms with Crippen molar-refractivity contribution in [3.63, 3.8) is 0 Å². The van der Waals surface area contributed by atoms with Gasteiger partial charge in [0, 0.05) is 5.39 Å². The number of halogens is 1. The molecule has 4 heteroatoms. The van der Waals surface area contributed by atoms with E-state index in [9.17, 15) is 0 Å². The Labute approximate surface area is 78.5 Å². The highest BCUT2D eigenvalue weighted by molar-refractivity contribution is 7.13. The summed E-state index contributed by atoms with van der Waals surface area (Å²) in [6.45, 7) is 0. The smallest absolute Gasteiger partial charge is 0.148 e. The van der Waals surface area contributed by atoms with Crippen molar-refractivity contribution in [2.45, 2.75) is 0 Å². The molecule has 0 unspecified atom stereocenters. The summed E-state index contributed by atoms with van der Waals surface area (Å²) in [5, 5.41) is 8.21. The van der Waals surface area contributed by atoms with E-state index >= 15 is 0 Å². The second-order valence-corrected chi connectivity index (χ2v) is 3.52. The molecule has 0 aliphatic rings. The second-order valence-electron chi connectivity index (χ2n) is 2.34. The van der Waals surface area contributed by atoms with Gasteiger partial charge in [-0.1, -0.05) is 29.8 Å². The van der Waals surface area contributed by atoms with Gasteiger partial charge in [0.15, 0.2) is 0 Å². The molecule has 1 N–H and O–H groups in total. The maximum atomic E-state index is 7.24. The van der Waals surface area contributed by atoms with Crippen LogP contribution in [0.2, 0.25) is 0 Å². The van der Waals surface area contributed by atoms with E-state index in [0.717, 1.165) is 10.1 Å². The first-order valence-corrected chi connectivity index (χ1v) is 4.53. The third-order valence-corrected chi connectivity index (χ3v) is 2.59. The van der Waals surface area contributed by atoms with Crippen molar-refractivity contribution in [2.24, 2.45) is 0 Å². The van der Waals surface area contributed by atoms with Crippen molar-refractivity contribution in [1.29, 1.82) is 5.41 Å². The number of fused-ring (bicyclic) bond motifs is 1. The zero-order valence-corrected chi connectivity index (χ0v) is 7.62. The molecule has 0 atom stereocenters. The summed E-state index contributed by atoms with van der Waals surface area (Å²) in [4.78, 5) is 0. The third kappa shape index (κ3) is 1.11. The molecule has 12 heavy (non-hydrogen) atoms. The van der Waals surface area contributed by atoms with Gasteiger partial charge in [0.25, 0.3) is 0 Å². The van der Waals surface area contributed by atoms with Gasteiger partial charge in [-0.3, -0.25) is 5.41 Å². The molecule has 60 valence electrons. The summed E-state index contributed by atoms with van der Waals surface area (Å²) in [6.07, 6.45) is 0. The first-order valence-electron chi connectivity index (χ1n) is 3.38. The number of nitrogens with zero attached hydrogens (tertiary/aromatic N) is 1. The number of hydrogen-bond acceptors (Lipinski definition) is 3. The number of nitrogens with one attached hydrogen (secondary N) is 1. The molecule has 1 aromatic heterocycles. The predicted octanol–water partition coefficient (Wildman–Crippen LogP) is 2.86. The van der Waals surface area contributed by atoms with Crippen LogP contribution >= 0.6 is 23.1 Å². The monoisotopic (exact) mass is 196 g/mol. The van der Waals surface area contributed by atoms with E-state index in [4.69, 9.17) is 17.0 Å². The minimum Gasteiger partial charge on any atom is -0.287 e. The number of aromatic nitrogens is 1. The Morgan fingerprint density at radius 1 is 1.42 bits per heavy atom. The average Bonchev–Trinajstić information content (AvgIpc) is 2.47. The molecule has 2 nitrogen and oxygen atoms in total. The lowest BCUT2D eigenvalue weighted by Gasteiger charge is -1.89. The summed E-state index contributed by atoms with van der Waals surface area (Å²) in [6, 6.07) is 7.75. The maximum absolute atomic E-state index is 7.24. The Morgan fingerprint density at radius 3 is 2.92 bits per heavy atom. The molecule has 1 aromatic carbocycles. The van der Waals surface area contributed by atoms with Crippen LogP contribution in [-0.4, -0.2) is 9.54 Å². The van der Waals surface area contributed by atoms with Gasteiger partial charge < -0.3 is 0 Å². The SMILES string of the molecule is N=C(Cl)c1nsc2ccccc12. The van der Waals surface area contributed by atoms with Crippen LogP contribution < -0.4 is 0 Å². The Kier molecular flexibility index (Phi) is 1.83. The van der Waals surface area contributed by atoms with Crippen molar-refractivity contribution in [2.75, 3.05) is 0 Å². The Morgan fingerprint density at radius 2 is 2.17 bits per heavy atom. The zero-order chi connectivity index (χ0) is 8.55. The molecule has 0 aliphatic heterocycles. The normalized spacial score (nSPS) is 10.4. The minimum absolute atomic E-state index is 0.00690. The molecule has 0 radical (unpaired) electrons. The lowest BCUT2D eigenvalue weighted by Crippen LogP contribution is -1.87. The van der Waals surface area contributed by atoms with Crippen LogP contribution in [0.15, 0.2) is 24.3 Å². The van der Waals surface area contributed by atoms with Gasteiger partial charge in [-0.2, -0.15) is 4.37 Å². The van der Waals surface area contributed by atoms with Gasteiger partial charge in [0.1, 0.15) is 10.9 Å². The van der Waals surface area contributed by atoms with E-state index in [1.165, 1.54) is 11.5 Å². The molecule has 0 saturated heterocycles. The second kappa shape index (κ2) is 2.84. The number of benzene rings is 1. The van der Waals surface area contributed by atoms with E-state index in [1.807, 2.05) is 24.3 Å². The van der Waals surface area contributed by atoms with Crippen LogP contribution in [0, 0.1) is 5.41 Å². The third-order valence-electron chi connectivity index (χ3n) is 1.59. The summed E-state index contributed by atoms with van der Waals surface area (Å²) in [5.74, 6) is 0. The summed E-state index contributed by atoms with van der Waals surface area (Å²) >= 11 is 6.92. The van der Waals surface area contributed by atoms with Gasteiger partial charge in [0.2, 0.25) is 0 Å². The molecule has 2 rings (SSSR count). The molecule has 2 aromatic rings. The molecule has 0 aliphatic carbocycles. The topological polar surface area (TPSA) is 36.7 Å². The van der Waals surface area contributed by atoms with E-state index in [2.05, 4.69) is 4.37 Å². The van der Waals surface area contributed by atoms with Crippen molar-refractivity contribution in [3.8, 4) is 0 Å². The molecule has 1 heterocycles. The highest BCUT2D eigenvalue weighted by atomic mass is 35.5. The van der Waals surface area contributed by atoms with Crippen LogP contribution in [0.5, 0.6) is 0 Å². The Bertz CT molecular complexity index is 435. The molecular formula is C8H5ClN2S. The quantitative estimate of drug-likeness (QED) is 0.700.